The molecular formula is C14H18F3NO3S. The Kier molecular flexibility index (Phi) is 4.84. The fourth-order valence-corrected chi connectivity index (χ4v) is 3.88. The Morgan fingerprint density at radius 2 is 1.77 bits per heavy atom. The first-order valence-electron chi connectivity index (χ1n) is 6.96. The van der Waals surface area contributed by atoms with Crippen molar-refractivity contribution in [2.45, 2.75) is 43.2 Å². The van der Waals surface area contributed by atoms with Gasteiger partial charge >= 0.3 is 6.18 Å². The number of sulfonamides is 1. The summed E-state index contributed by atoms with van der Waals surface area (Å²) in [5.41, 5.74) is -2.35. The average molecular weight is 337 g/mol. The molecule has 1 aromatic carbocycles. The molecule has 22 heavy (non-hydrogen) atoms. The van der Waals surface area contributed by atoms with Crippen LogP contribution in [-0.4, -0.2) is 25.7 Å². The van der Waals surface area contributed by atoms with Crippen molar-refractivity contribution in [3.8, 4) is 0 Å². The molecule has 1 aromatic rings. The Balaban J connectivity index is 2.09. The summed E-state index contributed by atoms with van der Waals surface area (Å²) in [6.45, 7) is -0.163. The van der Waals surface area contributed by atoms with Crippen LogP contribution in [0.25, 0.3) is 0 Å². The largest absolute Gasteiger partial charge is 0.416 e. The van der Waals surface area contributed by atoms with Crippen LogP contribution < -0.4 is 4.72 Å². The van der Waals surface area contributed by atoms with Crippen molar-refractivity contribution in [2.75, 3.05) is 6.54 Å². The van der Waals surface area contributed by atoms with Crippen molar-refractivity contribution in [1.29, 1.82) is 0 Å². The highest BCUT2D eigenvalue weighted by molar-refractivity contribution is 7.88. The molecule has 0 amide bonds. The molecule has 1 saturated carbocycles. The van der Waals surface area contributed by atoms with Gasteiger partial charge < -0.3 is 5.11 Å². The van der Waals surface area contributed by atoms with E-state index in [1.54, 1.807) is 0 Å². The van der Waals surface area contributed by atoms with Crippen molar-refractivity contribution in [1.82, 2.24) is 4.72 Å². The summed E-state index contributed by atoms with van der Waals surface area (Å²) in [4.78, 5) is 0. The predicted molar refractivity (Wildman–Crippen MR) is 75.5 cm³/mol. The molecule has 1 aliphatic rings. The molecular weight excluding hydrogens is 319 g/mol. The molecule has 2 N–H and O–H groups in total. The number of nitrogens with one attached hydrogen (secondary N) is 1. The molecule has 0 saturated heterocycles. The third-order valence-corrected chi connectivity index (χ3v) is 5.10. The zero-order chi connectivity index (χ0) is 16.4. The molecule has 0 bridgehead atoms. The van der Waals surface area contributed by atoms with Gasteiger partial charge in [-0.15, -0.1) is 0 Å². The van der Waals surface area contributed by atoms with Gasteiger partial charge in [-0.25, -0.2) is 13.1 Å². The van der Waals surface area contributed by atoms with Gasteiger partial charge in [-0.2, -0.15) is 13.2 Å². The summed E-state index contributed by atoms with van der Waals surface area (Å²) >= 11 is 0. The number of hydrogen-bond donors (Lipinski definition) is 2. The summed E-state index contributed by atoms with van der Waals surface area (Å²) in [5, 5.41) is 10.1. The van der Waals surface area contributed by atoms with Crippen LogP contribution in [0.4, 0.5) is 13.2 Å². The van der Waals surface area contributed by atoms with E-state index in [4.69, 9.17) is 0 Å². The SMILES string of the molecule is O=S(=O)(Cc1ccccc1C(F)(F)F)NCC1(O)CCCC1. The lowest BCUT2D eigenvalue weighted by Crippen LogP contribution is -2.41. The highest BCUT2D eigenvalue weighted by Gasteiger charge is 2.35. The van der Waals surface area contributed by atoms with Gasteiger partial charge in [0.1, 0.15) is 0 Å². The number of aliphatic hydroxyl groups is 1. The third kappa shape index (κ3) is 4.44. The van der Waals surface area contributed by atoms with Crippen molar-refractivity contribution in [3.63, 3.8) is 0 Å². The number of benzene rings is 1. The monoisotopic (exact) mass is 337 g/mol. The second kappa shape index (κ2) is 6.17. The van der Waals surface area contributed by atoms with Crippen molar-refractivity contribution in [2.24, 2.45) is 0 Å². The predicted octanol–water partition coefficient (Wildman–Crippen LogP) is 2.43. The van der Waals surface area contributed by atoms with Gasteiger partial charge in [0.2, 0.25) is 10.0 Å². The molecule has 1 aliphatic carbocycles. The Morgan fingerprint density at radius 1 is 1.18 bits per heavy atom. The minimum atomic E-state index is -4.60. The number of halogens is 3. The second-order valence-corrected chi connectivity index (χ2v) is 7.47. The quantitative estimate of drug-likeness (QED) is 0.867. The molecule has 0 spiro atoms. The molecule has 0 unspecified atom stereocenters. The maximum absolute atomic E-state index is 12.9. The summed E-state index contributed by atoms with van der Waals surface area (Å²) in [7, 11) is -3.95. The summed E-state index contributed by atoms with van der Waals surface area (Å²) < 4.78 is 64.8. The van der Waals surface area contributed by atoms with E-state index in [9.17, 15) is 26.7 Å². The van der Waals surface area contributed by atoms with Crippen LogP contribution in [0.3, 0.4) is 0 Å². The van der Waals surface area contributed by atoms with Gasteiger partial charge in [0.15, 0.2) is 0 Å². The lowest BCUT2D eigenvalue weighted by atomic mass is 10.0. The summed E-state index contributed by atoms with van der Waals surface area (Å²) in [5.74, 6) is -0.765. The number of rotatable bonds is 5. The summed E-state index contributed by atoms with van der Waals surface area (Å²) in [6, 6.07) is 4.58. The molecule has 4 nitrogen and oxygen atoms in total. The first-order chi connectivity index (χ1) is 10.1. The fourth-order valence-electron chi connectivity index (χ4n) is 2.63. The smallest absolute Gasteiger partial charge is 0.389 e. The van der Waals surface area contributed by atoms with Crippen LogP contribution in [0, 0.1) is 0 Å². The molecule has 0 atom stereocenters. The van der Waals surface area contributed by atoms with E-state index < -0.39 is 33.1 Å². The van der Waals surface area contributed by atoms with E-state index in [0.29, 0.717) is 12.8 Å². The molecule has 0 heterocycles. The first kappa shape index (κ1) is 17.2. The van der Waals surface area contributed by atoms with Crippen molar-refractivity contribution < 1.29 is 26.7 Å². The van der Waals surface area contributed by atoms with Gasteiger partial charge in [-0.1, -0.05) is 31.0 Å². The second-order valence-electron chi connectivity index (χ2n) is 5.67. The van der Waals surface area contributed by atoms with Crippen LogP contribution in [0.1, 0.15) is 36.8 Å². The van der Waals surface area contributed by atoms with E-state index in [2.05, 4.69) is 4.72 Å². The van der Waals surface area contributed by atoms with E-state index in [-0.39, 0.29) is 12.1 Å². The van der Waals surface area contributed by atoms with Crippen LogP contribution in [-0.2, 0) is 22.0 Å². The van der Waals surface area contributed by atoms with Gasteiger partial charge in [-0.05, 0) is 24.5 Å². The topological polar surface area (TPSA) is 66.4 Å². The molecule has 0 radical (unpaired) electrons. The third-order valence-electron chi connectivity index (χ3n) is 3.82. The maximum Gasteiger partial charge on any atom is 0.416 e. The Morgan fingerprint density at radius 3 is 2.36 bits per heavy atom. The Hall–Kier alpha value is -1.12. The minimum absolute atomic E-state index is 0.163. The molecule has 8 heteroatoms. The first-order valence-corrected chi connectivity index (χ1v) is 8.61. The highest BCUT2D eigenvalue weighted by Crippen LogP contribution is 2.33. The van der Waals surface area contributed by atoms with E-state index in [0.717, 1.165) is 25.0 Å². The van der Waals surface area contributed by atoms with Gasteiger partial charge in [0, 0.05) is 6.54 Å². The molecule has 1 fully saturated rings. The Labute approximate surface area is 127 Å². The highest BCUT2D eigenvalue weighted by atomic mass is 32.2. The normalized spacial score (nSPS) is 18.5. The number of alkyl halides is 3. The number of hydrogen-bond acceptors (Lipinski definition) is 3. The molecule has 0 aromatic heterocycles. The van der Waals surface area contributed by atoms with E-state index in [1.165, 1.54) is 12.1 Å². The lowest BCUT2D eigenvalue weighted by molar-refractivity contribution is -0.138. The van der Waals surface area contributed by atoms with Gasteiger partial charge in [-0.3, -0.25) is 0 Å². The molecule has 2 rings (SSSR count). The maximum atomic E-state index is 12.9. The molecule has 0 aliphatic heterocycles. The summed E-state index contributed by atoms with van der Waals surface area (Å²) in [6.07, 6.45) is -1.98. The van der Waals surface area contributed by atoms with Crippen LogP contribution in [0.15, 0.2) is 24.3 Å². The standard InChI is InChI=1S/C14H18F3NO3S/c15-14(16,17)12-6-2-1-5-11(12)9-22(20,21)18-10-13(19)7-3-4-8-13/h1-2,5-6,18-19H,3-4,7-10H2. The zero-order valence-electron chi connectivity index (χ0n) is 11.9. The van der Waals surface area contributed by atoms with Crippen molar-refractivity contribution >= 4 is 10.0 Å². The van der Waals surface area contributed by atoms with Gasteiger partial charge in [0.05, 0.1) is 16.9 Å². The fraction of sp³-hybridized carbons (Fsp3) is 0.571. The lowest BCUT2D eigenvalue weighted by Gasteiger charge is -2.22. The minimum Gasteiger partial charge on any atom is -0.389 e. The van der Waals surface area contributed by atoms with Crippen LogP contribution in [0.2, 0.25) is 0 Å². The van der Waals surface area contributed by atoms with E-state index >= 15 is 0 Å². The van der Waals surface area contributed by atoms with Crippen LogP contribution >= 0.6 is 0 Å². The van der Waals surface area contributed by atoms with Gasteiger partial charge in [0.25, 0.3) is 0 Å². The zero-order valence-corrected chi connectivity index (χ0v) is 12.7. The Bertz CT molecular complexity index is 622. The van der Waals surface area contributed by atoms with Crippen LogP contribution in [0.5, 0.6) is 0 Å². The average Bonchev–Trinajstić information content (AvgIpc) is 2.83. The molecule has 124 valence electrons. The van der Waals surface area contributed by atoms with Crippen molar-refractivity contribution in [3.05, 3.63) is 35.4 Å². The van der Waals surface area contributed by atoms with E-state index in [1.807, 2.05) is 0 Å².